The van der Waals surface area contributed by atoms with Gasteiger partial charge in [0.15, 0.2) is 0 Å². The monoisotopic (exact) mass is 544 g/mol. The molecule has 0 spiro atoms. The first-order chi connectivity index (χ1) is 9.08. The molecule has 0 unspecified atom stereocenters. The van der Waals surface area contributed by atoms with Gasteiger partial charge in [-0.1, -0.05) is 0 Å². The van der Waals surface area contributed by atoms with E-state index in [0.29, 0.717) is 0 Å². The minimum Gasteiger partial charge on any atom is -0.548 e. The van der Waals surface area contributed by atoms with Crippen molar-refractivity contribution in [3.8, 4) is 0 Å². The fraction of sp³-hybridized carbons (Fsp3) is 0.500. The van der Waals surface area contributed by atoms with Crippen LogP contribution in [0.5, 0.6) is 0 Å². The zero-order valence-corrected chi connectivity index (χ0v) is 15.0. The molecule has 16 heteroatoms. The Bertz CT molecular complexity index is 228. The number of hydrogen-bond acceptors (Lipinski definition) is 12. The number of rotatable bonds is 4. The van der Waals surface area contributed by atoms with Crippen molar-refractivity contribution >= 4 is 23.9 Å². The van der Waals surface area contributed by atoms with Crippen LogP contribution in [0.3, 0.4) is 0 Å². The average Bonchev–Trinajstić information content (AvgIpc) is 2.40. The number of carbonyl (C=O) groups is 4. The van der Waals surface area contributed by atoms with E-state index in [2.05, 4.69) is 0 Å². The van der Waals surface area contributed by atoms with Crippen LogP contribution in [-0.2, 0) is 69.1 Å². The van der Waals surface area contributed by atoms with Gasteiger partial charge in [-0.05, 0) is 0 Å². The molecule has 0 saturated carbocycles. The summed E-state index contributed by atoms with van der Waals surface area (Å²) in [7, 11) is 0. The summed E-state index contributed by atoms with van der Waals surface area (Å²) in [6.07, 6.45) is 0. The van der Waals surface area contributed by atoms with Crippen molar-refractivity contribution in [1.29, 1.82) is 0 Å². The first kappa shape index (κ1) is 49.5. The second-order valence-electron chi connectivity index (χ2n) is 2.12. The van der Waals surface area contributed by atoms with Gasteiger partial charge in [0.05, 0.1) is 50.3 Å². The Hall–Kier alpha value is -1.11. The van der Waals surface area contributed by atoms with Gasteiger partial charge in [0.25, 0.3) is 0 Å². The fourth-order valence-corrected chi connectivity index (χ4v) is 0. The number of carboxylic acids is 4. The number of aliphatic hydroxyl groups excluding tert-OH is 4. The number of aliphatic carboxylic acids is 4. The molecule has 0 aromatic rings. The predicted octanol–water partition coefficient (Wildman–Crippen LogP) is -10.9. The van der Waals surface area contributed by atoms with E-state index in [1.54, 1.807) is 0 Å². The summed E-state index contributed by atoms with van der Waals surface area (Å²) in [5.74, 6) is -5.76. The Morgan fingerprint density at radius 2 is 0.542 bits per heavy atom. The van der Waals surface area contributed by atoms with Crippen LogP contribution in [-0.4, -0.2) is 70.7 Å². The van der Waals surface area contributed by atoms with Gasteiger partial charge in [-0.15, -0.1) is 0 Å². The molecule has 0 saturated heterocycles. The molecule has 0 aliphatic rings. The standard InChI is InChI=1S/4C2H4O3.2H2O.2Rh/c4*3-1-2(4)5;;;;/h4*3H,1H2,(H,4,5);2*1H2;;/q;;;;;;2*+2/p-2. The van der Waals surface area contributed by atoms with Crippen LogP contribution in [0.25, 0.3) is 0 Å². The average molecular weight is 544 g/mol. The third-order valence-corrected chi connectivity index (χ3v) is 0.516. The number of hydrogen-bond donors (Lipinski definition) is 4. The van der Waals surface area contributed by atoms with Crippen LogP contribution in [0.15, 0.2) is 0 Å². The van der Waals surface area contributed by atoms with E-state index in [-0.39, 0.29) is 49.9 Å². The van der Waals surface area contributed by atoms with Crippen LogP contribution in [0.2, 0.25) is 0 Å². The molecule has 10 N–H and O–H groups in total. The molecule has 0 aromatic carbocycles. The number of carboxylic acid groups (broad SMARTS) is 4. The molecule has 0 atom stereocenters. The second kappa shape index (κ2) is 43.1. The van der Waals surface area contributed by atoms with Crippen LogP contribution in [0, 0.1) is 0 Å². The van der Waals surface area contributed by atoms with Crippen molar-refractivity contribution in [3.63, 3.8) is 0 Å². The maximum absolute atomic E-state index is 9.01. The summed E-state index contributed by atoms with van der Waals surface area (Å²) in [6.45, 7) is -3.56. The van der Waals surface area contributed by atoms with E-state index in [1.165, 1.54) is 0 Å². The van der Waals surface area contributed by atoms with E-state index < -0.39 is 50.3 Å². The summed E-state index contributed by atoms with van der Waals surface area (Å²) in [5, 5.41) is 66.0. The molecule has 0 aromatic heterocycles. The molecular formula is C8H18O14Rh2+2. The molecule has 0 bridgehead atoms. The molecule has 0 aliphatic carbocycles. The fourth-order valence-electron chi connectivity index (χ4n) is 0. The minimum absolute atomic E-state index is 0. The third kappa shape index (κ3) is 174. The molecular weight excluding hydrogens is 526 g/mol. The van der Waals surface area contributed by atoms with Crippen molar-refractivity contribution < 1.29 is 110 Å². The molecule has 14 nitrogen and oxygen atoms in total. The minimum atomic E-state index is -1.44. The number of aliphatic hydroxyl groups is 4. The summed E-state index contributed by atoms with van der Waals surface area (Å²) in [5.41, 5.74) is 0. The Balaban J connectivity index is -0.0000000225. The number of carbonyl (C=O) groups excluding carboxylic acids is 4. The van der Waals surface area contributed by atoms with E-state index in [0.717, 1.165) is 0 Å². The first-order valence-electron chi connectivity index (χ1n) is 4.31. The second-order valence-corrected chi connectivity index (χ2v) is 2.12. The molecule has 0 aliphatic heterocycles. The topological polar surface area (TPSA) is 307 Å². The summed E-state index contributed by atoms with van der Waals surface area (Å²) >= 11 is 0. The Labute approximate surface area is 160 Å². The smallest absolute Gasteiger partial charge is 0.548 e. The van der Waals surface area contributed by atoms with Crippen molar-refractivity contribution in [1.82, 2.24) is 0 Å². The van der Waals surface area contributed by atoms with E-state index in [1.807, 2.05) is 0 Å². The van der Waals surface area contributed by atoms with Crippen LogP contribution >= 0.6 is 0 Å². The van der Waals surface area contributed by atoms with Gasteiger partial charge in [0, 0.05) is 0 Å². The van der Waals surface area contributed by atoms with Gasteiger partial charge in [0.1, 0.15) is 0 Å². The van der Waals surface area contributed by atoms with Gasteiger partial charge in [-0.25, -0.2) is 0 Å². The zero-order valence-electron chi connectivity index (χ0n) is 11.7. The van der Waals surface area contributed by atoms with Crippen LogP contribution < -0.4 is 20.4 Å². The largest absolute Gasteiger partial charge is 2.00 e. The first-order valence-corrected chi connectivity index (χ1v) is 4.31. The maximum atomic E-state index is 9.01. The van der Waals surface area contributed by atoms with Gasteiger partial charge in [-0.3, -0.25) is 0 Å². The van der Waals surface area contributed by atoms with Crippen LogP contribution in [0.1, 0.15) is 0 Å². The van der Waals surface area contributed by atoms with Crippen molar-refractivity contribution in [2.45, 2.75) is 0 Å². The van der Waals surface area contributed by atoms with Crippen LogP contribution in [0.4, 0.5) is 0 Å². The van der Waals surface area contributed by atoms with Crippen molar-refractivity contribution in [2.75, 3.05) is 26.4 Å². The zero-order chi connectivity index (χ0) is 17.1. The molecule has 0 amide bonds. The van der Waals surface area contributed by atoms with Gasteiger partial charge >= 0.3 is 39.0 Å². The molecule has 0 rings (SSSR count). The third-order valence-electron chi connectivity index (χ3n) is 0.516. The summed E-state index contributed by atoms with van der Waals surface area (Å²) in [6, 6.07) is 0. The Morgan fingerprint density at radius 1 is 0.500 bits per heavy atom. The van der Waals surface area contributed by atoms with E-state index in [9.17, 15) is 0 Å². The van der Waals surface area contributed by atoms with Gasteiger partial charge in [0.2, 0.25) is 0 Å². The van der Waals surface area contributed by atoms with E-state index in [4.69, 9.17) is 60.0 Å². The molecule has 0 heterocycles. The molecule has 150 valence electrons. The summed E-state index contributed by atoms with van der Waals surface area (Å²) in [4.78, 5) is 36.0. The SMILES string of the molecule is O=C([O-])CO.O=C([O-])CO.O=C([O-])CO.O=C([O-])CO.[OH3+].[OH3+].[Rh+2].[Rh+2]. The molecule has 0 fully saturated rings. The molecule has 2 radical (unpaired) electrons. The summed E-state index contributed by atoms with van der Waals surface area (Å²) < 4.78 is 0. The van der Waals surface area contributed by atoms with Gasteiger partial charge in [-0.2, -0.15) is 0 Å². The quantitative estimate of drug-likeness (QED) is 0.189. The Morgan fingerprint density at radius 3 is 0.542 bits per heavy atom. The van der Waals surface area contributed by atoms with Gasteiger partial charge < -0.3 is 71.0 Å². The Kier molecular flexibility index (Phi) is 88.8. The predicted molar refractivity (Wildman–Crippen MR) is 58.1 cm³/mol. The van der Waals surface area contributed by atoms with Crippen molar-refractivity contribution in [3.05, 3.63) is 0 Å². The normalized spacial score (nSPS) is 6.17. The van der Waals surface area contributed by atoms with Crippen molar-refractivity contribution in [2.24, 2.45) is 0 Å². The molecule has 24 heavy (non-hydrogen) atoms. The van der Waals surface area contributed by atoms with E-state index >= 15 is 0 Å². The maximum Gasteiger partial charge on any atom is 2.00 e.